The van der Waals surface area contributed by atoms with Crippen LogP contribution in [0.4, 0.5) is 0 Å². The number of fused-ring (bicyclic) bond motifs is 1. The number of hydrogen-bond acceptors (Lipinski definition) is 1. The summed E-state index contributed by atoms with van der Waals surface area (Å²) in [6, 6.07) is 4.23. The van der Waals surface area contributed by atoms with Crippen LogP contribution in [0.3, 0.4) is 0 Å². The lowest BCUT2D eigenvalue weighted by atomic mass is 10.3. The Labute approximate surface area is 91.1 Å². The summed E-state index contributed by atoms with van der Waals surface area (Å²) < 4.78 is 3.37. The smallest absolute Gasteiger partial charge is 0.0881 e. The van der Waals surface area contributed by atoms with E-state index in [1.807, 2.05) is 6.20 Å². The lowest BCUT2D eigenvalue weighted by Gasteiger charge is -2.03. The Bertz CT molecular complexity index is 471. The normalized spacial score (nSPS) is 16.4. The monoisotopic (exact) mass is 250 g/mol. The molecular weight excluding hydrogens is 240 g/mol. The Kier molecular flexibility index (Phi) is 1.87. The van der Waals surface area contributed by atoms with Gasteiger partial charge in [-0.15, -0.1) is 0 Å². The van der Waals surface area contributed by atoms with Crippen molar-refractivity contribution in [2.75, 3.05) is 0 Å². The molecule has 0 radical (unpaired) electrons. The molecule has 1 aliphatic carbocycles. The van der Waals surface area contributed by atoms with E-state index in [2.05, 4.69) is 43.8 Å². The summed E-state index contributed by atoms with van der Waals surface area (Å²) in [5, 5.41) is 0. The first kappa shape index (κ1) is 8.48. The van der Waals surface area contributed by atoms with Crippen LogP contribution in [0.15, 0.2) is 29.0 Å². The quantitative estimate of drug-likeness (QED) is 0.801. The molecular formula is C11H11BrN2. The Morgan fingerprint density at radius 1 is 1.50 bits per heavy atom. The highest BCUT2D eigenvalue weighted by molar-refractivity contribution is 9.10. The van der Waals surface area contributed by atoms with E-state index in [0.717, 1.165) is 22.5 Å². The van der Waals surface area contributed by atoms with E-state index >= 15 is 0 Å². The zero-order valence-electron chi connectivity index (χ0n) is 7.78. The zero-order valence-corrected chi connectivity index (χ0v) is 9.37. The summed E-state index contributed by atoms with van der Waals surface area (Å²) in [5.74, 6) is 0.907. The lowest BCUT2D eigenvalue weighted by Crippen LogP contribution is -1.97. The maximum Gasteiger partial charge on any atom is 0.0881 e. The third-order valence-electron chi connectivity index (χ3n) is 2.74. The molecule has 0 N–H and O–H groups in total. The molecule has 14 heavy (non-hydrogen) atoms. The second-order valence-electron chi connectivity index (χ2n) is 3.97. The Hall–Kier alpha value is -0.830. The second kappa shape index (κ2) is 3.09. The summed E-state index contributed by atoms with van der Waals surface area (Å²) in [7, 11) is 0. The third kappa shape index (κ3) is 1.46. The van der Waals surface area contributed by atoms with Gasteiger partial charge >= 0.3 is 0 Å². The maximum atomic E-state index is 4.36. The predicted octanol–water partition coefficient (Wildman–Crippen LogP) is 3.21. The highest BCUT2D eigenvalue weighted by Gasteiger charge is 2.22. The van der Waals surface area contributed by atoms with E-state index in [1.54, 1.807) is 0 Å². The average Bonchev–Trinajstić information content (AvgIpc) is 2.90. The molecule has 0 saturated heterocycles. The van der Waals surface area contributed by atoms with E-state index in [9.17, 15) is 0 Å². The molecule has 1 aliphatic rings. The van der Waals surface area contributed by atoms with Gasteiger partial charge in [-0.2, -0.15) is 0 Å². The number of aromatic nitrogens is 2. The summed E-state index contributed by atoms with van der Waals surface area (Å²) in [6.45, 7) is 1.15. The molecule has 2 nitrogen and oxygen atoms in total. The number of halogens is 1. The molecule has 72 valence electrons. The van der Waals surface area contributed by atoms with Crippen molar-refractivity contribution in [3.05, 3.63) is 29.0 Å². The van der Waals surface area contributed by atoms with Crippen molar-refractivity contribution in [3.8, 4) is 0 Å². The second-order valence-corrected chi connectivity index (χ2v) is 4.89. The van der Waals surface area contributed by atoms with E-state index in [4.69, 9.17) is 0 Å². The minimum Gasteiger partial charge on any atom is -0.346 e. The number of hydrogen-bond donors (Lipinski definition) is 0. The van der Waals surface area contributed by atoms with Crippen LogP contribution in [0.25, 0.3) is 11.0 Å². The lowest BCUT2D eigenvalue weighted by molar-refractivity contribution is 0.647. The van der Waals surface area contributed by atoms with Gasteiger partial charge in [0.2, 0.25) is 0 Å². The van der Waals surface area contributed by atoms with Gasteiger partial charge in [0.05, 0.1) is 11.0 Å². The van der Waals surface area contributed by atoms with E-state index in [1.165, 1.54) is 18.4 Å². The van der Waals surface area contributed by atoms with Gasteiger partial charge in [-0.3, -0.25) is 4.98 Å². The molecule has 0 bridgehead atoms. The zero-order chi connectivity index (χ0) is 9.54. The van der Waals surface area contributed by atoms with E-state index in [0.29, 0.717) is 0 Å². The highest BCUT2D eigenvalue weighted by atomic mass is 79.9. The fourth-order valence-corrected chi connectivity index (χ4v) is 2.10. The summed E-state index contributed by atoms with van der Waals surface area (Å²) in [4.78, 5) is 4.36. The molecule has 3 rings (SSSR count). The fourth-order valence-electron chi connectivity index (χ4n) is 1.78. The van der Waals surface area contributed by atoms with Gasteiger partial charge in [-0.05, 0) is 46.8 Å². The van der Waals surface area contributed by atoms with Crippen molar-refractivity contribution in [1.29, 1.82) is 0 Å². The first-order valence-electron chi connectivity index (χ1n) is 4.93. The molecule has 3 heteroatoms. The van der Waals surface area contributed by atoms with Crippen LogP contribution in [0.2, 0.25) is 0 Å². The summed E-state index contributed by atoms with van der Waals surface area (Å²) in [5.41, 5.74) is 2.33. The first-order valence-corrected chi connectivity index (χ1v) is 5.72. The van der Waals surface area contributed by atoms with Crippen molar-refractivity contribution in [2.45, 2.75) is 19.4 Å². The Balaban J connectivity index is 2.08. The van der Waals surface area contributed by atoms with Crippen LogP contribution < -0.4 is 0 Å². The fraction of sp³-hybridized carbons (Fsp3) is 0.364. The van der Waals surface area contributed by atoms with Gasteiger partial charge in [0.15, 0.2) is 0 Å². The molecule has 2 heterocycles. The van der Waals surface area contributed by atoms with Crippen LogP contribution in [0, 0.1) is 5.92 Å². The molecule has 1 saturated carbocycles. The molecule has 1 fully saturated rings. The summed E-state index contributed by atoms with van der Waals surface area (Å²) in [6.07, 6.45) is 6.77. The third-order valence-corrected chi connectivity index (χ3v) is 3.17. The molecule has 0 spiro atoms. The molecule has 2 aromatic heterocycles. The molecule has 0 unspecified atom stereocenters. The van der Waals surface area contributed by atoms with Crippen molar-refractivity contribution in [1.82, 2.24) is 9.55 Å². The number of rotatable bonds is 2. The van der Waals surface area contributed by atoms with Gasteiger partial charge in [-0.25, -0.2) is 0 Å². The Morgan fingerprint density at radius 3 is 3.14 bits per heavy atom. The largest absolute Gasteiger partial charge is 0.346 e. The molecule has 0 atom stereocenters. The van der Waals surface area contributed by atoms with Crippen LogP contribution in [-0.4, -0.2) is 9.55 Å². The topological polar surface area (TPSA) is 17.8 Å². The van der Waals surface area contributed by atoms with E-state index < -0.39 is 0 Å². The summed E-state index contributed by atoms with van der Waals surface area (Å²) >= 11 is 3.46. The molecule has 0 aliphatic heterocycles. The van der Waals surface area contributed by atoms with Crippen molar-refractivity contribution >= 4 is 27.0 Å². The minimum absolute atomic E-state index is 0.907. The minimum atomic E-state index is 0.907. The highest BCUT2D eigenvalue weighted by Crippen LogP contribution is 2.32. The van der Waals surface area contributed by atoms with Crippen LogP contribution in [0.5, 0.6) is 0 Å². The van der Waals surface area contributed by atoms with E-state index in [-0.39, 0.29) is 0 Å². The van der Waals surface area contributed by atoms with Crippen molar-refractivity contribution in [3.63, 3.8) is 0 Å². The SMILES string of the molecule is Brc1cnc2ccn(CC3CC3)c2c1. The molecule has 2 aromatic rings. The average molecular weight is 251 g/mol. The van der Waals surface area contributed by atoms with Gasteiger partial charge in [0.25, 0.3) is 0 Å². The first-order chi connectivity index (χ1) is 6.83. The van der Waals surface area contributed by atoms with Crippen LogP contribution in [-0.2, 0) is 6.54 Å². The van der Waals surface area contributed by atoms with Crippen molar-refractivity contribution in [2.24, 2.45) is 5.92 Å². The van der Waals surface area contributed by atoms with Gasteiger partial charge in [-0.1, -0.05) is 0 Å². The van der Waals surface area contributed by atoms with Crippen LogP contribution in [0.1, 0.15) is 12.8 Å². The van der Waals surface area contributed by atoms with Gasteiger partial charge < -0.3 is 4.57 Å². The molecule has 0 amide bonds. The number of nitrogens with zero attached hydrogens (tertiary/aromatic N) is 2. The standard InChI is InChI=1S/C11H11BrN2/c12-9-5-11-10(13-6-9)3-4-14(11)7-8-1-2-8/h3-6,8H,1-2,7H2. The predicted molar refractivity (Wildman–Crippen MR) is 60.2 cm³/mol. The van der Waals surface area contributed by atoms with Crippen molar-refractivity contribution < 1.29 is 0 Å². The van der Waals surface area contributed by atoms with Crippen LogP contribution >= 0.6 is 15.9 Å². The van der Waals surface area contributed by atoms with Gasteiger partial charge in [0.1, 0.15) is 0 Å². The number of pyridine rings is 1. The Morgan fingerprint density at radius 2 is 2.36 bits per heavy atom. The maximum absolute atomic E-state index is 4.36. The van der Waals surface area contributed by atoms with Gasteiger partial charge in [0, 0.05) is 23.4 Å². The molecule has 0 aromatic carbocycles.